The maximum Gasteiger partial charge on any atom is 0.242 e. The Morgan fingerprint density at radius 2 is 1.84 bits per heavy atom. The molecule has 0 spiro atoms. The summed E-state index contributed by atoms with van der Waals surface area (Å²) in [6.45, 7) is 3.25. The van der Waals surface area contributed by atoms with E-state index < -0.39 is 0 Å². The van der Waals surface area contributed by atoms with E-state index >= 15 is 0 Å². The van der Waals surface area contributed by atoms with Crippen LogP contribution < -0.4 is 10.1 Å². The lowest BCUT2D eigenvalue weighted by Crippen LogP contribution is -2.41. The molecule has 0 unspecified atom stereocenters. The summed E-state index contributed by atoms with van der Waals surface area (Å²) < 4.78 is 5.89. The number of ether oxygens (including phenoxy) is 1. The molecule has 1 aliphatic rings. The van der Waals surface area contributed by atoms with Crippen LogP contribution in [0.15, 0.2) is 54.6 Å². The number of hydrogen-bond acceptors (Lipinski definition) is 3. The van der Waals surface area contributed by atoms with Gasteiger partial charge in [0.2, 0.25) is 5.91 Å². The number of rotatable bonds is 8. The first-order valence-corrected chi connectivity index (χ1v) is 8.89. The molecule has 0 saturated heterocycles. The van der Waals surface area contributed by atoms with E-state index in [2.05, 4.69) is 10.2 Å². The fourth-order valence-electron chi connectivity index (χ4n) is 2.90. The minimum atomic E-state index is -0.290. The summed E-state index contributed by atoms with van der Waals surface area (Å²) in [5.41, 5.74) is 2.13. The molecule has 0 radical (unpaired) electrons. The van der Waals surface area contributed by atoms with Gasteiger partial charge >= 0.3 is 0 Å². The summed E-state index contributed by atoms with van der Waals surface area (Å²) in [6, 6.07) is 18.0. The second-order valence-electron chi connectivity index (χ2n) is 6.69. The smallest absolute Gasteiger partial charge is 0.242 e. The summed E-state index contributed by atoms with van der Waals surface area (Å²) in [5, 5.41) is 3.13. The third kappa shape index (κ3) is 4.83. The number of likely N-dealkylation sites (N-methyl/N-ethyl adjacent to an activating group) is 1. The van der Waals surface area contributed by atoms with Gasteiger partial charge < -0.3 is 10.1 Å². The lowest BCUT2D eigenvalue weighted by atomic mass is 10.0. The van der Waals surface area contributed by atoms with Crippen molar-refractivity contribution >= 4 is 5.91 Å². The Labute approximate surface area is 149 Å². The van der Waals surface area contributed by atoms with Crippen LogP contribution >= 0.6 is 0 Å². The average molecular weight is 338 g/mol. The van der Waals surface area contributed by atoms with Gasteiger partial charge in [-0.3, -0.25) is 9.69 Å². The minimum Gasteiger partial charge on any atom is -0.492 e. The van der Waals surface area contributed by atoms with Crippen LogP contribution in [0.4, 0.5) is 0 Å². The van der Waals surface area contributed by atoms with Crippen LogP contribution in [0, 0.1) is 6.92 Å². The van der Waals surface area contributed by atoms with E-state index in [0.717, 1.165) is 29.7 Å². The molecule has 0 aliphatic heterocycles. The molecular formula is C21H26N2O2. The molecule has 0 aromatic heterocycles. The van der Waals surface area contributed by atoms with Crippen molar-refractivity contribution in [3.8, 4) is 5.75 Å². The molecule has 3 rings (SSSR count). The van der Waals surface area contributed by atoms with Gasteiger partial charge in [0.15, 0.2) is 0 Å². The highest BCUT2D eigenvalue weighted by Crippen LogP contribution is 2.24. The van der Waals surface area contributed by atoms with Crippen molar-refractivity contribution < 1.29 is 9.53 Å². The van der Waals surface area contributed by atoms with Crippen LogP contribution in [-0.4, -0.2) is 37.0 Å². The number of nitrogens with zero attached hydrogens (tertiary/aromatic N) is 1. The Balaban J connectivity index is 1.63. The average Bonchev–Trinajstić information content (AvgIpc) is 3.42. The van der Waals surface area contributed by atoms with Crippen LogP contribution in [-0.2, 0) is 4.79 Å². The standard InChI is InChI=1S/C21H26N2O2/c1-16-8-6-7-11-19(16)25-15-14-23(2)20(17-9-4-3-5-10-17)21(24)22-18-12-13-18/h3-11,18,20H,12-15H2,1-2H3,(H,22,24)/t20-/m1/s1. The third-order valence-electron chi connectivity index (χ3n) is 4.52. The second kappa shape index (κ2) is 8.17. The van der Waals surface area contributed by atoms with Crippen LogP contribution in [0.5, 0.6) is 5.75 Å². The lowest BCUT2D eigenvalue weighted by Gasteiger charge is -2.27. The van der Waals surface area contributed by atoms with E-state index in [1.54, 1.807) is 0 Å². The quantitative estimate of drug-likeness (QED) is 0.803. The molecule has 1 fully saturated rings. The Morgan fingerprint density at radius 1 is 1.16 bits per heavy atom. The van der Waals surface area contributed by atoms with Gasteiger partial charge in [0.25, 0.3) is 0 Å². The molecule has 1 atom stereocenters. The number of nitrogens with one attached hydrogen (secondary N) is 1. The van der Waals surface area contributed by atoms with Gasteiger partial charge in [-0.15, -0.1) is 0 Å². The Morgan fingerprint density at radius 3 is 2.52 bits per heavy atom. The predicted molar refractivity (Wildman–Crippen MR) is 99.7 cm³/mol. The summed E-state index contributed by atoms with van der Waals surface area (Å²) >= 11 is 0. The number of benzene rings is 2. The number of aryl methyl sites for hydroxylation is 1. The maximum atomic E-state index is 12.7. The third-order valence-corrected chi connectivity index (χ3v) is 4.52. The summed E-state index contributed by atoms with van der Waals surface area (Å²) in [4.78, 5) is 14.8. The van der Waals surface area contributed by atoms with Crippen molar-refractivity contribution in [2.24, 2.45) is 0 Å². The molecule has 1 aliphatic carbocycles. The number of carbonyl (C=O) groups excluding carboxylic acids is 1. The zero-order chi connectivity index (χ0) is 17.6. The van der Waals surface area contributed by atoms with Gasteiger partial charge in [0, 0.05) is 12.6 Å². The van der Waals surface area contributed by atoms with Gasteiger partial charge in [-0.25, -0.2) is 0 Å². The summed E-state index contributed by atoms with van der Waals surface area (Å²) in [7, 11) is 1.98. The van der Waals surface area contributed by atoms with E-state index in [1.807, 2.05) is 68.6 Å². The molecule has 0 heterocycles. The number of para-hydroxylation sites is 1. The molecular weight excluding hydrogens is 312 g/mol. The van der Waals surface area contributed by atoms with Crippen LogP contribution in [0.3, 0.4) is 0 Å². The highest BCUT2D eigenvalue weighted by molar-refractivity contribution is 5.83. The predicted octanol–water partition coefficient (Wildman–Crippen LogP) is 3.33. The number of hydrogen-bond donors (Lipinski definition) is 1. The van der Waals surface area contributed by atoms with Crippen molar-refractivity contribution in [2.45, 2.75) is 31.8 Å². The fraction of sp³-hybridized carbons (Fsp3) is 0.381. The van der Waals surface area contributed by atoms with E-state index in [1.165, 1.54) is 0 Å². The topological polar surface area (TPSA) is 41.6 Å². The molecule has 1 saturated carbocycles. The number of carbonyl (C=O) groups is 1. The number of amides is 1. The van der Waals surface area contributed by atoms with Crippen molar-refractivity contribution in [1.29, 1.82) is 0 Å². The molecule has 25 heavy (non-hydrogen) atoms. The summed E-state index contributed by atoms with van der Waals surface area (Å²) in [5.74, 6) is 0.974. The van der Waals surface area contributed by atoms with Crippen molar-refractivity contribution in [3.05, 3.63) is 65.7 Å². The largest absolute Gasteiger partial charge is 0.492 e. The van der Waals surface area contributed by atoms with Crippen LogP contribution in [0.25, 0.3) is 0 Å². The van der Waals surface area contributed by atoms with Crippen molar-refractivity contribution in [1.82, 2.24) is 10.2 Å². The lowest BCUT2D eigenvalue weighted by molar-refractivity contribution is -0.126. The summed E-state index contributed by atoms with van der Waals surface area (Å²) in [6.07, 6.45) is 2.18. The van der Waals surface area contributed by atoms with Gasteiger partial charge in [-0.2, -0.15) is 0 Å². The normalized spacial score (nSPS) is 15.0. The molecule has 4 heteroatoms. The molecule has 1 N–H and O–H groups in total. The van der Waals surface area contributed by atoms with Crippen LogP contribution in [0.1, 0.15) is 30.0 Å². The van der Waals surface area contributed by atoms with E-state index in [4.69, 9.17) is 4.74 Å². The Hall–Kier alpha value is -2.33. The minimum absolute atomic E-state index is 0.0760. The Bertz CT molecular complexity index is 698. The van der Waals surface area contributed by atoms with Gasteiger partial charge in [0.1, 0.15) is 18.4 Å². The zero-order valence-electron chi connectivity index (χ0n) is 14.9. The zero-order valence-corrected chi connectivity index (χ0v) is 14.9. The highest BCUT2D eigenvalue weighted by atomic mass is 16.5. The molecule has 2 aromatic rings. The van der Waals surface area contributed by atoms with Gasteiger partial charge in [-0.1, -0.05) is 48.5 Å². The highest BCUT2D eigenvalue weighted by Gasteiger charge is 2.30. The fourth-order valence-corrected chi connectivity index (χ4v) is 2.90. The van der Waals surface area contributed by atoms with Gasteiger partial charge in [-0.05, 0) is 44.0 Å². The molecule has 2 aromatic carbocycles. The SMILES string of the molecule is Cc1ccccc1OCCN(C)[C@@H](C(=O)NC1CC1)c1ccccc1. The Kier molecular flexibility index (Phi) is 5.71. The van der Waals surface area contributed by atoms with Crippen LogP contribution in [0.2, 0.25) is 0 Å². The molecule has 0 bridgehead atoms. The van der Waals surface area contributed by atoms with E-state index in [9.17, 15) is 4.79 Å². The van der Waals surface area contributed by atoms with Gasteiger partial charge in [0.05, 0.1) is 0 Å². The monoisotopic (exact) mass is 338 g/mol. The molecule has 132 valence electrons. The molecule has 1 amide bonds. The van der Waals surface area contributed by atoms with Crippen molar-refractivity contribution in [3.63, 3.8) is 0 Å². The second-order valence-corrected chi connectivity index (χ2v) is 6.69. The van der Waals surface area contributed by atoms with Crippen molar-refractivity contribution in [2.75, 3.05) is 20.2 Å². The maximum absolute atomic E-state index is 12.7. The first-order valence-electron chi connectivity index (χ1n) is 8.89. The van der Waals surface area contributed by atoms with E-state index in [0.29, 0.717) is 19.2 Å². The first kappa shape index (κ1) is 17.5. The van der Waals surface area contributed by atoms with E-state index in [-0.39, 0.29) is 11.9 Å². The first-order chi connectivity index (χ1) is 12.1. The molecule has 4 nitrogen and oxygen atoms in total.